The van der Waals surface area contributed by atoms with Crippen LogP contribution in [-0.2, 0) is 6.18 Å². The Morgan fingerprint density at radius 2 is 1.95 bits per heavy atom. The SMILES string of the molecule is C=C(C)CN(/C=C\CC)C(=C)c1cccc(C(F)(F)F)c1. The van der Waals surface area contributed by atoms with Gasteiger partial charge in [0.15, 0.2) is 0 Å². The smallest absolute Gasteiger partial charge is 0.344 e. The second kappa shape index (κ2) is 7.16. The summed E-state index contributed by atoms with van der Waals surface area (Å²) in [4.78, 5) is 1.81. The molecule has 1 rings (SSSR count). The van der Waals surface area contributed by atoms with E-state index in [1.165, 1.54) is 6.07 Å². The highest BCUT2D eigenvalue weighted by Gasteiger charge is 2.30. The Bertz CT molecular complexity index is 541. The fourth-order valence-corrected chi connectivity index (χ4v) is 1.80. The fraction of sp³-hybridized carbons (Fsp3) is 0.294. The van der Waals surface area contributed by atoms with Crippen molar-refractivity contribution in [1.82, 2.24) is 4.90 Å². The average Bonchev–Trinajstić information content (AvgIpc) is 2.41. The fourth-order valence-electron chi connectivity index (χ4n) is 1.80. The molecule has 0 fully saturated rings. The summed E-state index contributed by atoms with van der Waals surface area (Å²) >= 11 is 0. The molecule has 0 atom stereocenters. The summed E-state index contributed by atoms with van der Waals surface area (Å²) < 4.78 is 38.3. The van der Waals surface area contributed by atoms with Crippen molar-refractivity contribution in [1.29, 1.82) is 0 Å². The van der Waals surface area contributed by atoms with Crippen LogP contribution in [0.2, 0.25) is 0 Å². The van der Waals surface area contributed by atoms with Gasteiger partial charge in [-0.1, -0.05) is 43.9 Å². The normalized spacial score (nSPS) is 11.7. The highest BCUT2D eigenvalue weighted by molar-refractivity contribution is 5.63. The number of hydrogen-bond acceptors (Lipinski definition) is 1. The first kappa shape index (κ1) is 17.1. The van der Waals surface area contributed by atoms with Gasteiger partial charge in [-0.3, -0.25) is 0 Å². The standard InChI is InChI=1S/C17H20F3N/c1-5-6-10-21(12-13(2)3)14(4)15-8-7-9-16(11-15)17(18,19)20/h6-11H,2,4-5,12H2,1,3H3/b10-6-. The Morgan fingerprint density at radius 1 is 1.29 bits per heavy atom. The lowest BCUT2D eigenvalue weighted by molar-refractivity contribution is -0.137. The molecule has 4 heteroatoms. The van der Waals surface area contributed by atoms with Gasteiger partial charge in [0.05, 0.1) is 5.56 Å². The highest BCUT2D eigenvalue weighted by atomic mass is 19.4. The Morgan fingerprint density at radius 3 is 2.48 bits per heavy atom. The van der Waals surface area contributed by atoms with Gasteiger partial charge in [-0.25, -0.2) is 0 Å². The molecule has 0 aliphatic rings. The van der Waals surface area contributed by atoms with Gasteiger partial charge in [0.1, 0.15) is 0 Å². The van der Waals surface area contributed by atoms with Gasteiger partial charge in [-0.2, -0.15) is 13.2 Å². The van der Waals surface area contributed by atoms with Gasteiger partial charge < -0.3 is 4.90 Å². The van der Waals surface area contributed by atoms with Crippen molar-refractivity contribution >= 4 is 5.70 Å². The molecule has 0 amide bonds. The quantitative estimate of drug-likeness (QED) is 0.628. The van der Waals surface area contributed by atoms with E-state index in [9.17, 15) is 13.2 Å². The molecular weight excluding hydrogens is 275 g/mol. The van der Waals surface area contributed by atoms with Gasteiger partial charge in [-0.15, -0.1) is 0 Å². The van der Waals surface area contributed by atoms with Crippen LogP contribution in [0.4, 0.5) is 13.2 Å². The van der Waals surface area contributed by atoms with Crippen molar-refractivity contribution in [3.05, 3.63) is 66.4 Å². The zero-order valence-electron chi connectivity index (χ0n) is 12.4. The molecule has 1 aromatic carbocycles. The predicted octanol–water partition coefficient (Wildman–Crippen LogP) is 5.48. The Kier molecular flexibility index (Phi) is 5.82. The number of halogens is 3. The van der Waals surface area contributed by atoms with Crippen LogP contribution in [0.1, 0.15) is 31.4 Å². The first-order valence-electron chi connectivity index (χ1n) is 6.70. The lowest BCUT2D eigenvalue weighted by Gasteiger charge is -2.24. The molecule has 0 saturated carbocycles. The number of nitrogens with zero attached hydrogens (tertiary/aromatic N) is 1. The van der Waals surface area contributed by atoms with E-state index in [4.69, 9.17) is 0 Å². The molecule has 0 unspecified atom stereocenters. The van der Waals surface area contributed by atoms with Crippen molar-refractivity contribution in [3.8, 4) is 0 Å². The largest absolute Gasteiger partial charge is 0.416 e. The zero-order chi connectivity index (χ0) is 16.0. The number of alkyl halides is 3. The summed E-state index contributed by atoms with van der Waals surface area (Å²) in [6.07, 6.45) is 0.246. The minimum absolute atomic E-state index is 0.451. The lowest BCUT2D eigenvalue weighted by atomic mass is 10.1. The molecular formula is C17H20F3N. The Hall–Kier alpha value is -1.97. The minimum Gasteiger partial charge on any atom is -0.344 e. The molecule has 0 saturated heterocycles. The van der Waals surface area contributed by atoms with Crippen molar-refractivity contribution < 1.29 is 13.2 Å². The molecule has 1 aromatic rings. The maximum Gasteiger partial charge on any atom is 0.416 e. The van der Waals surface area contributed by atoms with E-state index in [2.05, 4.69) is 13.2 Å². The maximum atomic E-state index is 12.8. The van der Waals surface area contributed by atoms with Crippen molar-refractivity contribution in [3.63, 3.8) is 0 Å². The van der Waals surface area contributed by atoms with Crippen LogP contribution in [-0.4, -0.2) is 11.4 Å². The van der Waals surface area contributed by atoms with Gasteiger partial charge >= 0.3 is 6.18 Å². The summed E-state index contributed by atoms with van der Waals surface area (Å²) in [5, 5.41) is 0. The van der Waals surface area contributed by atoms with Crippen LogP contribution >= 0.6 is 0 Å². The third-order valence-electron chi connectivity index (χ3n) is 2.83. The van der Waals surface area contributed by atoms with Crippen LogP contribution in [0.25, 0.3) is 5.70 Å². The third-order valence-corrected chi connectivity index (χ3v) is 2.83. The summed E-state index contributed by atoms with van der Waals surface area (Å²) in [6.45, 7) is 12.1. The average molecular weight is 295 g/mol. The summed E-state index contributed by atoms with van der Waals surface area (Å²) in [6, 6.07) is 5.20. The van der Waals surface area contributed by atoms with Crippen molar-refractivity contribution in [2.45, 2.75) is 26.4 Å². The molecule has 0 spiro atoms. The second-order valence-electron chi connectivity index (χ2n) is 4.90. The van der Waals surface area contributed by atoms with Crippen LogP contribution in [0, 0.1) is 0 Å². The van der Waals surface area contributed by atoms with Crippen LogP contribution in [0.15, 0.2) is 55.3 Å². The maximum absolute atomic E-state index is 12.8. The summed E-state index contributed by atoms with van der Waals surface area (Å²) in [5.74, 6) is 0. The first-order chi connectivity index (χ1) is 9.75. The minimum atomic E-state index is -4.35. The molecule has 114 valence electrons. The molecule has 0 aliphatic carbocycles. The van der Waals surface area contributed by atoms with Crippen molar-refractivity contribution in [2.75, 3.05) is 6.54 Å². The Labute approximate surface area is 124 Å². The van der Waals surface area contributed by atoms with E-state index in [1.807, 2.05) is 26.1 Å². The van der Waals surface area contributed by atoms with Gasteiger partial charge in [0.25, 0.3) is 0 Å². The highest BCUT2D eigenvalue weighted by Crippen LogP contribution is 2.31. The number of hydrogen-bond donors (Lipinski definition) is 0. The van der Waals surface area contributed by atoms with Crippen LogP contribution in [0.3, 0.4) is 0 Å². The van der Waals surface area contributed by atoms with E-state index in [0.29, 0.717) is 17.8 Å². The predicted molar refractivity (Wildman–Crippen MR) is 81.4 cm³/mol. The van der Waals surface area contributed by atoms with Crippen molar-refractivity contribution in [2.24, 2.45) is 0 Å². The van der Waals surface area contributed by atoms with E-state index in [0.717, 1.165) is 24.1 Å². The van der Waals surface area contributed by atoms with Gasteiger partial charge in [-0.05, 0) is 31.0 Å². The van der Waals surface area contributed by atoms with E-state index in [-0.39, 0.29) is 0 Å². The second-order valence-corrected chi connectivity index (χ2v) is 4.90. The Balaban J connectivity index is 3.08. The summed E-state index contributed by atoms with van der Waals surface area (Å²) in [5.41, 5.74) is 1.21. The summed E-state index contributed by atoms with van der Waals surface area (Å²) in [7, 11) is 0. The molecule has 21 heavy (non-hydrogen) atoms. The molecule has 0 aromatic heterocycles. The molecule has 0 heterocycles. The lowest BCUT2D eigenvalue weighted by Crippen LogP contribution is -2.17. The first-order valence-corrected chi connectivity index (χ1v) is 6.70. The zero-order valence-corrected chi connectivity index (χ0v) is 12.4. The monoisotopic (exact) mass is 295 g/mol. The van der Waals surface area contributed by atoms with Gasteiger partial charge in [0.2, 0.25) is 0 Å². The van der Waals surface area contributed by atoms with Gasteiger partial charge in [0, 0.05) is 18.4 Å². The molecule has 0 radical (unpaired) electrons. The van der Waals surface area contributed by atoms with E-state index < -0.39 is 11.7 Å². The van der Waals surface area contributed by atoms with Crippen LogP contribution in [0.5, 0.6) is 0 Å². The third kappa shape index (κ3) is 5.14. The van der Waals surface area contributed by atoms with E-state index in [1.54, 1.807) is 11.0 Å². The molecule has 1 nitrogen and oxygen atoms in total. The molecule has 0 aliphatic heterocycles. The molecule has 0 N–H and O–H groups in total. The number of rotatable bonds is 6. The van der Waals surface area contributed by atoms with Crippen LogP contribution < -0.4 is 0 Å². The van der Waals surface area contributed by atoms with E-state index >= 15 is 0 Å². The number of allylic oxidation sites excluding steroid dienone is 1. The topological polar surface area (TPSA) is 3.24 Å². The number of benzene rings is 1. The molecule has 0 bridgehead atoms.